The van der Waals surface area contributed by atoms with Crippen LogP contribution in [0.2, 0.25) is 0 Å². The second-order valence-electron chi connectivity index (χ2n) is 9.00. The van der Waals surface area contributed by atoms with Crippen molar-refractivity contribution in [2.45, 2.75) is 25.2 Å². The Morgan fingerprint density at radius 3 is 2.42 bits per heavy atom. The third kappa shape index (κ3) is 4.22. The number of hydrogen-bond donors (Lipinski definition) is 0. The van der Waals surface area contributed by atoms with Crippen LogP contribution in [-0.4, -0.2) is 32.8 Å². The van der Waals surface area contributed by atoms with Gasteiger partial charge in [0.25, 0.3) is 0 Å². The second-order valence-corrected chi connectivity index (χ2v) is 9.00. The number of hydrogen-bond acceptors (Lipinski definition) is 6. The largest absolute Gasteiger partial charge is 0.497 e. The highest BCUT2D eigenvalue weighted by Crippen LogP contribution is 2.33. The molecule has 1 aliphatic rings. The molecule has 0 fully saturated rings. The predicted octanol–water partition coefficient (Wildman–Crippen LogP) is 5.60. The zero-order valence-electron chi connectivity index (χ0n) is 19.9. The zero-order chi connectivity index (χ0) is 24.5. The summed E-state index contributed by atoms with van der Waals surface area (Å²) in [6, 6.07) is 26.1. The Bertz CT molecular complexity index is 1570. The standard InChI is InChI=1S/C30H24N4O2/c1-36-22-13-11-19(12-14-22)21-15-26-24(27(35)16-21)18-31-28(33-26)17-29-32-25-10-6-5-9-23(25)30(34-29)20-7-3-2-4-8-20/h2-14,18,21H,15-17H2,1H3. The van der Waals surface area contributed by atoms with Gasteiger partial charge >= 0.3 is 0 Å². The molecule has 0 saturated heterocycles. The van der Waals surface area contributed by atoms with Crippen LogP contribution < -0.4 is 4.74 Å². The molecule has 0 aliphatic heterocycles. The first-order chi connectivity index (χ1) is 17.7. The van der Waals surface area contributed by atoms with Gasteiger partial charge < -0.3 is 4.74 Å². The highest BCUT2D eigenvalue weighted by Gasteiger charge is 2.28. The first kappa shape index (κ1) is 22.0. The lowest BCUT2D eigenvalue weighted by Crippen LogP contribution is -2.21. The highest BCUT2D eigenvalue weighted by molar-refractivity contribution is 5.98. The summed E-state index contributed by atoms with van der Waals surface area (Å²) in [5.74, 6) is 2.24. The van der Waals surface area contributed by atoms with E-state index in [9.17, 15) is 4.79 Å². The first-order valence-electron chi connectivity index (χ1n) is 12.0. The molecule has 1 unspecified atom stereocenters. The highest BCUT2D eigenvalue weighted by atomic mass is 16.5. The Morgan fingerprint density at radius 1 is 0.833 bits per heavy atom. The molecule has 0 radical (unpaired) electrons. The number of methoxy groups -OCH3 is 1. The Morgan fingerprint density at radius 2 is 1.61 bits per heavy atom. The van der Waals surface area contributed by atoms with Gasteiger partial charge in [-0.3, -0.25) is 4.79 Å². The summed E-state index contributed by atoms with van der Waals surface area (Å²) in [5, 5.41) is 1.01. The number of ketones is 1. The van der Waals surface area contributed by atoms with Crippen LogP contribution in [0, 0.1) is 0 Å². The van der Waals surface area contributed by atoms with Gasteiger partial charge in [0, 0.05) is 23.6 Å². The summed E-state index contributed by atoms with van der Waals surface area (Å²) in [7, 11) is 1.65. The third-order valence-corrected chi connectivity index (χ3v) is 6.69. The molecule has 6 heteroatoms. The molecule has 6 rings (SSSR count). The van der Waals surface area contributed by atoms with Gasteiger partial charge in [0.2, 0.25) is 0 Å². The molecule has 2 heterocycles. The predicted molar refractivity (Wildman–Crippen MR) is 138 cm³/mol. The number of rotatable bonds is 5. The number of carbonyl (C=O) groups excluding carboxylic acids is 1. The van der Waals surface area contributed by atoms with Crippen LogP contribution in [0.15, 0.2) is 85.1 Å². The fourth-order valence-electron chi connectivity index (χ4n) is 4.84. The van der Waals surface area contributed by atoms with Gasteiger partial charge in [-0.2, -0.15) is 0 Å². The van der Waals surface area contributed by atoms with Gasteiger partial charge in [-0.05, 0) is 36.1 Å². The molecule has 36 heavy (non-hydrogen) atoms. The average Bonchev–Trinajstić information content (AvgIpc) is 2.93. The Hall–Kier alpha value is -4.45. The summed E-state index contributed by atoms with van der Waals surface area (Å²) in [4.78, 5) is 31.9. The Labute approximate surface area is 209 Å². The number of aromatic nitrogens is 4. The second kappa shape index (κ2) is 9.30. The van der Waals surface area contributed by atoms with E-state index in [-0.39, 0.29) is 11.7 Å². The van der Waals surface area contributed by atoms with Crippen molar-refractivity contribution in [1.82, 2.24) is 19.9 Å². The van der Waals surface area contributed by atoms with Crippen LogP contribution in [0.4, 0.5) is 0 Å². The van der Waals surface area contributed by atoms with Gasteiger partial charge in [-0.25, -0.2) is 19.9 Å². The zero-order valence-corrected chi connectivity index (χ0v) is 19.9. The lowest BCUT2D eigenvalue weighted by atomic mass is 9.82. The molecule has 5 aromatic rings. The molecule has 0 bridgehead atoms. The molecular weight excluding hydrogens is 448 g/mol. The molecular formula is C30H24N4O2. The number of ether oxygens (including phenoxy) is 1. The molecule has 1 atom stereocenters. The number of para-hydroxylation sites is 1. The van der Waals surface area contributed by atoms with Gasteiger partial charge in [0.15, 0.2) is 5.78 Å². The summed E-state index contributed by atoms with van der Waals surface area (Å²) in [6.45, 7) is 0. The van der Waals surface area contributed by atoms with Crippen molar-refractivity contribution < 1.29 is 9.53 Å². The summed E-state index contributed by atoms with van der Waals surface area (Å²) >= 11 is 0. The van der Waals surface area contributed by atoms with Crippen LogP contribution in [0.1, 0.15) is 45.6 Å². The average molecular weight is 473 g/mol. The van der Waals surface area contributed by atoms with Crippen LogP contribution in [0.5, 0.6) is 5.75 Å². The number of carbonyl (C=O) groups is 1. The van der Waals surface area contributed by atoms with Crippen molar-refractivity contribution in [2.75, 3.05) is 7.11 Å². The van der Waals surface area contributed by atoms with E-state index in [1.807, 2.05) is 66.7 Å². The van der Waals surface area contributed by atoms with Crippen LogP contribution in [0.25, 0.3) is 22.2 Å². The topological polar surface area (TPSA) is 77.9 Å². The van der Waals surface area contributed by atoms with E-state index in [1.165, 1.54) is 0 Å². The van der Waals surface area contributed by atoms with Crippen molar-refractivity contribution in [3.63, 3.8) is 0 Å². The monoisotopic (exact) mass is 472 g/mol. The van der Waals surface area contributed by atoms with Crippen molar-refractivity contribution in [3.8, 4) is 17.0 Å². The molecule has 0 amide bonds. The summed E-state index contributed by atoms with van der Waals surface area (Å²) in [5.41, 5.74) is 5.34. The van der Waals surface area contributed by atoms with E-state index >= 15 is 0 Å². The van der Waals surface area contributed by atoms with E-state index in [2.05, 4.69) is 17.1 Å². The van der Waals surface area contributed by atoms with Crippen LogP contribution in [-0.2, 0) is 12.8 Å². The molecule has 1 aliphatic carbocycles. The minimum absolute atomic E-state index is 0.0805. The number of fused-ring (bicyclic) bond motifs is 2. The molecule has 6 nitrogen and oxygen atoms in total. The normalized spacial score (nSPS) is 15.0. The van der Waals surface area contributed by atoms with E-state index in [0.717, 1.165) is 39.2 Å². The minimum atomic E-state index is 0.0805. The van der Waals surface area contributed by atoms with E-state index in [1.54, 1.807) is 13.3 Å². The molecule has 176 valence electrons. The van der Waals surface area contributed by atoms with E-state index in [0.29, 0.717) is 36.5 Å². The number of nitrogens with zero attached hydrogens (tertiary/aromatic N) is 4. The smallest absolute Gasteiger partial charge is 0.166 e. The molecule has 0 saturated carbocycles. The SMILES string of the molecule is COc1ccc(C2CC(=O)c3cnc(Cc4nc(-c5ccccc5)c5ccccc5n4)nc3C2)cc1. The van der Waals surface area contributed by atoms with Gasteiger partial charge in [-0.1, -0.05) is 60.7 Å². The number of Topliss-reactive ketones (excluding diaryl/α,β-unsaturated/α-hetero) is 1. The Kier molecular flexibility index (Phi) is 5.70. The fraction of sp³-hybridized carbons (Fsp3) is 0.167. The summed E-state index contributed by atoms with van der Waals surface area (Å²) in [6.07, 6.45) is 3.20. The van der Waals surface area contributed by atoms with Crippen LogP contribution in [0.3, 0.4) is 0 Å². The maximum Gasteiger partial charge on any atom is 0.166 e. The minimum Gasteiger partial charge on any atom is -0.497 e. The van der Waals surface area contributed by atoms with E-state index < -0.39 is 0 Å². The lowest BCUT2D eigenvalue weighted by molar-refractivity contribution is 0.0962. The fourth-order valence-corrected chi connectivity index (χ4v) is 4.84. The van der Waals surface area contributed by atoms with E-state index in [4.69, 9.17) is 19.7 Å². The quantitative estimate of drug-likeness (QED) is 0.331. The number of benzene rings is 3. The summed E-state index contributed by atoms with van der Waals surface area (Å²) < 4.78 is 5.27. The van der Waals surface area contributed by atoms with Gasteiger partial charge in [0.05, 0.1) is 36.0 Å². The van der Waals surface area contributed by atoms with Crippen molar-refractivity contribution in [3.05, 3.63) is 114 Å². The van der Waals surface area contributed by atoms with Crippen molar-refractivity contribution in [1.29, 1.82) is 0 Å². The maximum atomic E-state index is 12.9. The lowest BCUT2D eigenvalue weighted by Gasteiger charge is -2.23. The molecule has 0 spiro atoms. The molecule has 0 N–H and O–H groups in total. The Balaban J connectivity index is 1.33. The van der Waals surface area contributed by atoms with Crippen molar-refractivity contribution >= 4 is 16.7 Å². The van der Waals surface area contributed by atoms with Gasteiger partial charge in [0.1, 0.15) is 17.4 Å². The first-order valence-corrected chi connectivity index (χ1v) is 12.0. The van der Waals surface area contributed by atoms with Crippen LogP contribution >= 0.6 is 0 Å². The molecule has 3 aromatic carbocycles. The maximum absolute atomic E-state index is 12.9. The molecule has 2 aromatic heterocycles. The van der Waals surface area contributed by atoms with Crippen molar-refractivity contribution in [2.24, 2.45) is 0 Å². The van der Waals surface area contributed by atoms with Gasteiger partial charge in [-0.15, -0.1) is 0 Å². The third-order valence-electron chi connectivity index (χ3n) is 6.69.